The molecular weight excluding hydrogens is 323 g/mol. The van der Waals surface area contributed by atoms with E-state index in [0.29, 0.717) is 6.54 Å². The smallest absolute Gasteiger partial charge is 0.123 e. The SMILES string of the molecule is COc1ccc(Br)c(C(CN)Nc2ccc(F)cc2)c1. The fraction of sp³-hybridized carbons (Fsp3) is 0.200. The summed E-state index contributed by atoms with van der Waals surface area (Å²) in [4.78, 5) is 0. The van der Waals surface area contributed by atoms with Crippen LogP contribution in [0.4, 0.5) is 10.1 Å². The van der Waals surface area contributed by atoms with Crippen LogP contribution < -0.4 is 15.8 Å². The number of anilines is 1. The van der Waals surface area contributed by atoms with Crippen molar-refractivity contribution in [2.24, 2.45) is 5.73 Å². The van der Waals surface area contributed by atoms with Gasteiger partial charge < -0.3 is 15.8 Å². The largest absolute Gasteiger partial charge is 0.497 e. The van der Waals surface area contributed by atoms with Crippen molar-refractivity contribution in [2.45, 2.75) is 6.04 Å². The van der Waals surface area contributed by atoms with Crippen LogP contribution in [-0.4, -0.2) is 13.7 Å². The van der Waals surface area contributed by atoms with Gasteiger partial charge in [-0.1, -0.05) is 15.9 Å². The number of hydrogen-bond donors (Lipinski definition) is 2. The zero-order valence-electron chi connectivity index (χ0n) is 11.1. The summed E-state index contributed by atoms with van der Waals surface area (Å²) in [6.07, 6.45) is 0. The predicted octanol–water partition coefficient (Wildman–Crippen LogP) is 3.71. The van der Waals surface area contributed by atoms with E-state index in [0.717, 1.165) is 21.5 Å². The van der Waals surface area contributed by atoms with Gasteiger partial charge in [0.2, 0.25) is 0 Å². The topological polar surface area (TPSA) is 47.3 Å². The minimum absolute atomic E-state index is 0.0927. The van der Waals surface area contributed by atoms with Gasteiger partial charge in [-0.15, -0.1) is 0 Å². The van der Waals surface area contributed by atoms with Crippen LogP contribution in [0.5, 0.6) is 5.75 Å². The van der Waals surface area contributed by atoms with E-state index in [1.165, 1.54) is 12.1 Å². The average Bonchev–Trinajstić information content (AvgIpc) is 2.47. The summed E-state index contributed by atoms with van der Waals surface area (Å²) >= 11 is 3.51. The molecule has 5 heteroatoms. The van der Waals surface area contributed by atoms with Gasteiger partial charge in [-0.25, -0.2) is 4.39 Å². The molecule has 3 nitrogen and oxygen atoms in total. The Balaban J connectivity index is 2.25. The highest BCUT2D eigenvalue weighted by Crippen LogP contribution is 2.29. The van der Waals surface area contributed by atoms with Crippen molar-refractivity contribution in [1.82, 2.24) is 0 Å². The molecule has 2 aromatic carbocycles. The van der Waals surface area contributed by atoms with Crippen molar-refractivity contribution in [2.75, 3.05) is 19.0 Å². The summed E-state index contributed by atoms with van der Waals surface area (Å²) in [7, 11) is 1.62. The van der Waals surface area contributed by atoms with Crippen LogP contribution in [0.15, 0.2) is 46.9 Å². The molecule has 0 radical (unpaired) electrons. The van der Waals surface area contributed by atoms with Crippen molar-refractivity contribution in [3.63, 3.8) is 0 Å². The fourth-order valence-electron chi connectivity index (χ4n) is 1.93. The van der Waals surface area contributed by atoms with E-state index < -0.39 is 0 Å². The Morgan fingerprint density at radius 3 is 2.55 bits per heavy atom. The molecule has 0 fully saturated rings. The molecule has 0 saturated heterocycles. The minimum atomic E-state index is -0.262. The van der Waals surface area contributed by atoms with Crippen LogP contribution >= 0.6 is 15.9 Å². The predicted molar refractivity (Wildman–Crippen MR) is 82.5 cm³/mol. The second-order valence-corrected chi connectivity index (χ2v) is 5.18. The highest BCUT2D eigenvalue weighted by Gasteiger charge is 2.14. The summed E-state index contributed by atoms with van der Waals surface area (Å²) in [5.41, 5.74) is 7.66. The van der Waals surface area contributed by atoms with E-state index in [1.807, 2.05) is 18.2 Å². The van der Waals surface area contributed by atoms with Gasteiger partial charge in [0.25, 0.3) is 0 Å². The summed E-state index contributed by atoms with van der Waals surface area (Å²) in [5, 5.41) is 3.29. The van der Waals surface area contributed by atoms with Crippen LogP contribution in [0.2, 0.25) is 0 Å². The number of nitrogens with two attached hydrogens (primary N) is 1. The normalized spacial score (nSPS) is 12.0. The van der Waals surface area contributed by atoms with E-state index in [4.69, 9.17) is 10.5 Å². The van der Waals surface area contributed by atoms with Crippen molar-refractivity contribution >= 4 is 21.6 Å². The van der Waals surface area contributed by atoms with Crippen LogP contribution in [0.25, 0.3) is 0 Å². The lowest BCUT2D eigenvalue weighted by Crippen LogP contribution is -2.21. The first-order valence-corrected chi connectivity index (χ1v) is 6.99. The molecule has 0 aromatic heterocycles. The van der Waals surface area contributed by atoms with E-state index in [1.54, 1.807) is 19.2 Å². The Hall–Kier alpha value is -1.59. The average molecular weight is 339 g/mol. The first kappa shape index (κ1) is 14.8. The van der Waals surface area contributed by atoms with Gasteiger partial charge in [0, 0.05) is 16.7 Å². The van der Waals surface area contributed by atoms with Crippen LogP contribution in [0.1, 0.15) is 11.6 Å². The highest BCUT2D eigenvalue weighted by molar-refractivity contribution is 9.10. The van der Waals surface area contributed by atoms with Crippen LogP contribution in [0.3, 0.4) is 0 Å². The third-order valence-electron chi connectivity index (χ3n) is 3.00. The quantitative estimate of drug-likeness (QED) is 0.873. The van der Waals surface area contributed by atoms with Crippen molar-refractivity contribution < 1.29 is 9.13 Å². The standard InChI is InChI=1S/C15H16BrFN2O/c1-20-12-6-7-14(16)13(8-12)15(9-18)19-11-4-2-10(17)3-5-11/h2-8,15,19H,9,18H2,1H3. The fourth-order valence-corrected chi connectivity index (χ4v) is 2.45. The number of nitrogens with one attached hydrogen (secondary N) is 1. The van der Waals surface area contributed by atoms with Gasteiger partial charge in [0.15, 0.2) is 0 Å². The maximum absolute atomic E-state index is 12.9. The van der Waals surface area contributed by atoms with Crippen molar-refractivity contribution in [3.8, 4) is 5.75 Å². The van der Waals surface area contributed by atoms with Crippen LogP contribution in [0, 0.1) is 5.82 Å². The summed E-state index contributed by atoms with van der Waals surface area (Å²) in [6.45, 7) is 0.406. The van der Waals surface area contributed by atoms with Crippen molar-refractivity contribution in [3.05, 3.63) is 58.3 Å². The van der Waals surface area contributed by atoms with Gasteiger partial charge in [-0.05, 0) is 48.0 Å². The van der Waals surface area contributed by atoms with E-state index in [2.05, 4.69) is 21.2 Å². The number of ether oxygens (including phenoxy) is 1. The molecule has 0 spiro atoms. The van der Waals surface area contributed by atoms with E-state index in [-0.39, 0.29) is 11.9 Å². The second kappa shape index (κ2) is 6.72. The van der Waals surface area contributed by atoms with Gasteiger partial charge in [0.05, 0.1) is 13.2 Å². The molecular formula is C15H16BrFN2O. The molecule has 0 aliphatic carbocycles. The van der Waals surface area contributed by atoms with Crippen molar-refractivity contribution in [1.29, 1.82) is 0 Å². The molecule has 1 atom stereocenters. The maximum atomic E-state index is 12.9. The Kier molecular flexibility index (Phi) is 4.98. The molecule has 0 saturated carbocycles. The number of rotatable bonds is 5. The molecule has 20 heavy (non-hydrogen) atoms. The number of hydrogen-bond acceptors (Lipinski definition) is 3. The Labute approximate surface area is 126 Å². The maximum Gasteiger partial charge on any atom is 0.123 e. The van der Waals surface area contributed by atoms with Gasteiger partial charge in [0.1, 0.15) is 11.6 Å². The lowest BCUT2D eigenvalue weighted by atomic mass is 10.1. The Bertz CT molecular complexity index is 575. The Morgan fingerprint density at radius 1 is 1.25 bits per heavy atom. The number of methoxy groups -OCH3 is 1. The van der Waals surface area contributed by atoms with Gasteiger partial charge in [-0.3, -0.25) is 0 Å². The van der Waals surface area contributed by atoms with E-state index >= 15 is 0 Å². The minimum Gasteiger partial charge on any atom is -0.497 e. The lowest BCUT2D eigenvalue weighted by Gasteiger charge is -2.20. The number of halogens is 2. The Morgan fingerprint density at radius 2 is 1.95 bits per heavy atom. The summed E-state index contributed by atoms with van der Waals surface area (Å²) in [6, 6.07) is 11.8. The van der Waals surface area contributed by atoms with Crippen LogP contribution in [-0.2, 0) is 0 Å². The zero-order chi connectivity index (χ0) is 14.5. The lowest BCUT2D eigenvalue weighted by molar-refractivity contribution is 0.414. The molecule has 1 unspecified atom stereocenters. The molecule has 0 aliphatic heterocycles. The monoisotopic (exact) mass is 338 g/mol. The van der Waals surface area contributed by atoms with E-state index in [9.17, 15) is 4.39 Å². The molecule has 0 aliphatic rings. The third-order valence-corrected chi connectivity index (χ3v) is 3.72. The molecule has 0 bridgehead atoms. The highest BCUT2D eigenvalue weighted by atomic mass is 79.9. The summed E-state index contributed by atoms with van der Waals surface area (Å²) in [5.74, 6) is 0.505. The third kappa shape index (κ3) is 3.49. The first-order valence-electron chi connectivity index (χ1n) is 6.19. The van der Waals surface area contributed by atoms with Gasteiger partial charge in [-0.2, -0.15) is 0 Å². The first-order chi connectivity index (χ1) is 9.63. The molecule has 0 amide bonds. The summed E-state index contributed by atoms with van der Waals surface area (Å²) < 4.78 is 19.1. The zero-order valence-corrected chi connectivity index (χ0v) is 12.7. The molecule has 2 rings (SSSR count). The molecule has 3 N–H and O–H groups in total. The molecule has 0 heterocycles. The second-order valence-electron chi connectivity index (χ2n) is 4.33. The molecule has 2 aromatic rings. The number of benzene rings is 2. The molecule has 106 valence electrons. The van der Waals surface area contributed by atoms with Gasteiger partial charge >= 0.3 is 0 Å².